The summed E-state index contributed by atoms with van der Waals surface area (Å²) in [6.07, 6.45) is 6.08. The molecule has 1 aliphatic carbocycles. The van der Waals surface area contributed by atoms with Crippen molar-refractivity contribution in [1.29, 1.82) is 0 Å². The van der Waals surface area contributed by atoms with Gasteiger partial charge in [-0.15, -0.1) is 0 Å². The Kier molecular flexibility index (Phi) is 3.51. The Morgan fingerprint density at radius 1 is 1.12 bits per heavy atom. The van der Waals surface area contributed by atoms with Gasteiger partial charge in [0.2, 0.25) is 0 Å². The molecule has 0 aliphatic heterocycles. The summed E-state index contributed by atoms with van der Waals surface area (Å²) in [5.41, 5.74) is 0.724. The van der Waals surface area contributed by atoms with E-state index in [9.17, 15) is 4.79 Å². The number of Topliss-reactive ketones (excluding diaryl/α,β-unsaturated/α-hetero) is 1. The first-order chi connectivity index (χ1) is 8.09. The fraction of sp³-hybridized carbons (Fsp3) is 0.533. The summed E-state index contributed by atoms with van der Waals surface area (Å²) >= 11 is 0. The van der Waals surface area contributed by atoms with Gasteiger partial charge < -0.3 is 4.74 Å². The Morgan fingerprint density at radius 3 is 2.24 bits per heavy atom. The lowest BCUT2D eigenvalue weighted by Crippen LogP contribution is -2.34. The first-order valence-corrected chi connectivity index (χ1v) is 6.39. The monoisotopic (exact) mass is 232 g/mol. The molecule has 17 heavy (non-hydrogen) atoms. The van der Waals surface area contributed by atoms with Crippen molar-refractivity contribution >= 4 is 5.78 Å². The molecule has 0 radical (unpaired) electrons. The van der Waals surface area contributed by atoms with Crippen LogP contribution in [0.2, 0.25) is 0 Å². The van der Waals surface area contributed by atoms with Gasteiger partial charge in [-0.05, 0) is 63.8 Å². The number of carbonyl (C=O) groups is 1. The van der Waals surface area contributed by atoms with Crippen molar-refractivity contribution in [3.63, 3.8) is 0 Å². The van der Waals surface area contributed by atoms with Crippen LogP contribution in [-0.2, 0) is 0 Å². The molecule has 0 bridgehead atoms. The molecule has 2 heteroatoms. The van der Waals surface area contributed by atoms with Gasteiger partial charge in [-0.2, -0.15) is 0 Å². The van der Waals surface area contributed by atoms with Crippen LogP contribution in [0.3, 0.4) is 0 Å². The normalized spacial score (nSPS) is 18.7. The van der Waals surface area contributed by atoms with Crippen LogP contribution in [0.1, 0.15) is 56.3 Å². The van der Waals surface area contributed by atoms with E-state index >= 15 is 0 Å². The molecule has 0 aromatic heterocycles. The smallest absolute Gasteiger partial charge is 0.159 e. The third-order valence-electron chi connectivity index (χ3n) is 3.54. The Bertz CT molecular complexity index is 386. The Labute approximate surface area is 103 Å². The molecule has 0 amide bonds. The minimum Gasteiger partial charge on any atom is -0.488 e. The zero-order valence-electron chi connectivity index (χ0n) is 10.7. The van der Waals surface area contributed by atoms with E-state index in [1.165, 1.54) is 19.3 Å². The third-order valence-corrected chi connectivity index (χ3v) is 3.54. The number of ketones is 1. The molecule has 2 nitrogen and oxygen atoms in total. The second-order valence-corrected chi connectivity index (χ2v) is 5.19. The molecule has 1 aliphatic rings. The van der Waals surface area contributed by atoms with Gasteiger partial charge >= 0.3 is 0 Å². The molecular weight excluding hydrogens is 212 g/mol. The molecular formula is C15H20O2. The van der Waals surface area contributed by atoms with Gasteiger partial charge in [0.1, 0.15) is 11.4 Å². The van der Waals surface area contributed by atoms with Gasteiger partial charge in [0.25, 0.3) is 0 Å². The van der Waals surface area contributed by atoms with Crippen LogP contribution < -0.4 is 4.74 Å². The standard InChI is InChI=1S/C15H20O2/c1-12(16)13-6-8-14(9-7-13)17-15(2)10-4-3-5-11-15/h6-9H,3-5,10-11H2,1-2H3. The molecule has 0 N–H and O–H groups in total. The molecule has 0 atom stereocenters. The van der Waals surface area contributed by atoms with Crippen molar-refractivity contribution in [2.24, 2.45) is 0 Å². The SMILES string of the molecule is CC(=O)c1ccc(OC2(C)CCCCC2)cc1. The maximum absolute atomic E-state index is 11.2. The zero-order valence-corrected chi connectivity index (χ0v) is 10.7. The molecule has 1 fully saturated rings. The topological polar surface area (TPSA) is 26.3 Å². The number of rotatable bonds is 3. The maximum Gasteiger partial charge on any atom is 0.159 e. The molecule has 2 rings (SSSR count). The zero-order chi connectivity index (χ0) is 12.3. The fourth-order valence-corrected chi connectivity index (χ4v) is 2.44. The highest BCUT2D eigenvalue weighted by molar-refractivity contribution is 5.94. The summed E-state index contributed by atoms with van der Waals surface area (Å²) in [5.74, 6) is 0.972. The van der Waals surface area contributed by atoms with Gasteiger partial charge in [0.05, 0.1) is 0 Å². The fourth-order valence-electron chi connectivity index (χ4n) is 2.44. The molecule has 0 saturated heterocycles. The summed E-state index contributed by atoms with van der Waals surface area (Å²) in [4.78, 5) is 11.2. The van der Waals surface area contributed by atoms with E-state index in [2.05, 4.69) is 6.92 Å². The molecule has 1 saturated carbocycles. The maximum atomic E-state index is 11.2. The highest BCUT2D eigenvalue weighted by Gasteiger charge is 2.28. The summed E-state index contributed by atoms with van der Waals surface area (Å²) < 4.78 is 6.07. The Balaban J connectivity index is 2.05. The third kappa shape index (κ3) is 3.09. The highest BCUT2D eigenvalue weighted by Crippen LogP contribution is 2.32. The van der Waals surface area contributed by atoms with Crippen LogP contribution in [0.5, 0.6) is 5.75 Å². The minimum absolute atomic E-state index is 0.0179. The average Bonchev–Trinajstić information content (AvgIpc) is 2.30. The molecule has 1 aromatic carbocycles. The van der Waals surface area contributed by atoms with Crippen molar-refractivity contribution in [2.75, 3.05) is 0 Å². The lowest BCUT2D eigenvalue weighted by molar-refractivity contribution is 0.0487. The minimum atomic E-state index is -0.0179. The second kappa shape index (κ2) is 4.91. The summed E-state index contributed by atoms with van der Waals surface area (Å²) in [6.45, 7) is 3.77. The molecule has 92 valence electrons. The molecule has 0 heterocycles. The van der Waals surface area contributed by atoms with E-state index in [-0.39, 0.29) is 11.4 Å². The van der Waals surface area contributed by atoms with E-state index in [1.807, 2.05) is 24.3 Å². The van der Waals surface area contributed by atoms with E-state index in [4.69, 9.17) is 4.74 Å². The number of carbonyl (C=O) groups excluding carboxylic acids is 1. The first kappa shape index (κ1) is 12.2. The van der Waals surface area contributed by atoms with Gasteiger partial charge in [0, 0.05) is 5.56 Å². The van der Waals surface area contributed by atoms with Crippen LogP contribution in [0.15, 0.2) is 24.3 Å². The van der Waals surface area contributed by atoms with Crippen molar-refractivity contribution in [1.82, 2.24) is 0 Å². The van der Waals surface area contributed by atoms with Gasteiger partial charge in [-0.3, -0.25) is 4.79 Å². The lowest BCUT2D eigenvalue weighted by atomic mass is 9.86. The molecule has 1 aromatic rings. The first-order valence-electron chi connectivity index (χ1n) is 6.39. The number of hydrogen-bond donors (Lipinski definition) is 0. The van der Waals surface area contributed by atoms with Crippen LogP contribution in [0, 0.1) is 0 Å². The predicted octanol–water partition coefficient (Wildman–Crippen LogP) is 3.99. The van der Waals surface area contributed by atoms with Crippen LogP contribution >= 0.6 is 0 Å². The van der Waals surface area contributed by atoms with Crippen LogP contribution in [0.4, 0.5) is 0 Å². The molecule has 0 unspecified atom stereocenters. The van der Waals surface area contributed by atoms with Gasteiger partial charge in [-0.1, -0.05) is 6.42 Å². The number of hydrogen-bond acceptors (Lipinski definition) is 2. The van der Waals surface area contributed by atoms with E-state index in [0.717, 1.165) is 24.2 Å². The average molecular weight is 232 g/mol. The lowest BCUT2D eigenvalue weighted by Gasteiger charge is -2.34. The van der Waals surface area contributed by atoms with E-state index in [1.54, 1.807) is 6.92 Å². The van der Waals surface area contributed by atoms with Crippen LogP contribution in [-0.4, -0.2) is 11.4 Å². The van der Waals surface area contributed by atoms with Gasteiger partial charge in [0.15, 0.2) is 5.78 Å². The van der Waals surface area contributed by atoms with Crippen molar-refractivity contribution < 1.29 is 9.53 Å². The summed E-state index contributed by atoms with van der Waals surface area (Å²) in [7, 11) is 0. The van der Waals surface area contributed by atoms with Gasteiger partial charge in [-0.25, -0.2) is 0 Å². The van der Waals surface area contributed by atoms with Crippen molar-refractivity contribution in [2.45, 2.75) is 51.6 Å². The highest BCUT2D eigenvalue weighted by atomic mass is 16.5. The van der Waals surface area contributed by atoms with Crippen molar-refractivity contribution in [3.8, 4) is 5.75 Å². The number of ether oxygens (including phenoxy) is 1. The Morgan fingerprint density at radius 2 is 1.71 bits per heavy atom. The summed E-state index contributed by atoms with van der Waals surface area (Å²) in [5, 5.41) is 0. The number of benzene rings is 1. The van der Waals surface area contributed by atoms with Crippen molar-refractivity contribution in [3.05, 3.63) is 29.8 Å². The van der Waals surface area contributed by atoms with Crippen LogP contribution in [0.25, 0.3) is 0 Å². The summed E-state index contributed by atoms with van der Waals surface area (Å²) in [6, 6.07) is 7.47. The largest absolute Gasteiger partial charge is 0.488 e. The molecule has 0 spiro atoms. The van der Waals surface area contributed by atoms with E-state index in [0.29, 0.717) is 0 Å². The quantitative estimate of drug-likeness (QED) is 0.736. The van der Waals surface area contributed by atoms with E-state index < -0.39 is 0 Å². The predicted molar refractivity (Wildman–Crippen MR) is 68.6 cm³/mol. The second-order valence-electron chi connectivity index (χ2n) is 5.19. The Hall–Kier alpha value is -1.31.